The van der Waals surface area contributed by atoms with Crippen molar-refractivity contribution in [3.8, 4) is 0 Å². The van der Waals surface area contributed by atoms with Crippen molar-refractivity contribution in [3.05, 3.63) is 30.3 Å². The van der Waals surface area contributed by atoms with Crippen molar-refractivity contribution in [2.24, 2.45) is 29.6 Å². The van der Waals surface area contributed by atoms with E-state index in [1.165, 1.54) is 36.6 Å². The van der Waals surface area contributed by atoms with Crippen LogP contribution in [-0.2, 0) is 9.53 Å². The van der Waals surface area contributed by atoms with Gasteiger partial charge in [0.1, 0.15) is 0 Å². The number of benzene rings is 1. The monoisotopic (exact) mass is 462 g/mol. The Morgan fingerprint density at radius 3 is 2.45 bits per heavy atom. The van der Waals surface area contributed by atoms with Crippen molar-refractivity contribution >= 4 is 25.2 Å². The molecule has 8 atom stereocenters. The molecule has 2 nitrogen and oxygen atoms in total. The maximum atomic E-state index is 13.3. The van der Waals surface area contributed by atoms with E-state index in [-0.39, 0.29) is 23.0 Å². The van der Waals surface area contributed by atoms with Gasteiger partial charge in [0.25, 0.3) is 0 Å². The van der Waals surface area contributed by atoms with Crippen molar-refractivity contribution in [2.75, 3.05) is 0 Å². The summed E-state index contributed by atoms with van der Waals surface area (Å²) in [7, 11) is 0. The number of fused-ring (bicyclic) bond motifs is 2. The predicted molar refractivity (Wildman–Crippen MR) is 121 cm³/mol. The molecule has 1 aliphatic carbocycles. The van der Waals surface area contributed by atoms with E-state index in [1.807, 2.05) is 0 Å². The van der Waals surface area contributed by atoms with Crippen LogP contribution in [0.5, 0.6) is 0 Å². The molecule has 0 spiro atoms. The minimum absolute atomic E-state index is 0.0705. The number of carbonyl (C=O) groups excluding carboxylic acids is 1. The number of hydrogen-bond acceptors (Lipinski definition) is 2. The van der Waals surface area contributed by atoms with Gasteiger partial charge in [-0.1, -0.05) is 0 Å². The fourth-order valence-corrected chi connectivity index (χ4v) is 9.16. The Morgan fingerprint density at radius 1 is 1.10 bits per heavy atom. The third kappa shape index (κ3) is 4.00. The number of carbonyl (C=O) groups is 1. The first-order chi connectivity index (χ1) is 13.7. The van der Waals surface area contributed by atoms with Gasteiger partial charge in [0, 0.05) is 0 Å². The molecule has 0 amide bonds. The first-order valence-corrected chi connectivity index (χ1v) is 13.5. The molecule has 29 heavy (non-hydrogen) atoms. The van der Waals surface area contributed by atoms with Crippen LogP contribution in [0.15, 0.2) is 30.3 Å². The molecular formula is C26H38O2Se. The second-order valence-corrected chi connectivity index (χ2v) is 13.3. The summed E-state index contributed by atoms with van der Waals surface area (Å²) < 4.78 is 7.93. The Morgan fingerprint density at radius 2 is 1.79 bits per heavy atom. The summed E-state index contributed by atoms with van der Waals surface area (Å²) in [5.74, 6) is 2.81. The summed E-state index contributed by atoms with van der Waals surface area (Å²) in [5.41, 5.74) is 0.158. The topological polar surface area (TPSA) is 26.3 Å². The van der Waals surface area contributed by atoms with E-state index in [2.05, 4.69) is 65.0 Å². The van der Waals surface area contributed by atoms with Crippen LogP contribution >= 0.6 is 0 Å². The Balaban J connectivity index is 1.33. The van der Waals surface area contributed by atoms with Gasteiger partial charge in [-0.15, -0.1) is 0 Å². The Kier molecular flexibility index (Phi) is 6.06. The third-order valence-corrected chi connectivity index (χ3v) is 11.8. The Bertz CT molecular complexity index is 733. The standard InChI is InChI=1S/C26H38O2Se/c1-17(11-13-22-19(3)25(4)15-16-26(22,5)28-25)21-12-14-23(18(2)24(21)27)29-20-9-7-6-8-10-20/h6-10,17-19,21-23H,11-16H2,1-5H3/t17-,18+,19-,21+,22-,23-,25+,26-/m1/s1. The second kappa shape index (κ2) is 8.13. The van der Waals surface area contributed by atoms with Crippen LogP contribution in [0.3, 0.4) is 0 Å². The van der Waals surface area contributed by atoms with E-state index in [0.29, 0.717) is 43.3 Å². The fraction of sp³-hybridized carbons (Fsp3) is 0.731. The summed E-state index contributed by atoms with van der Waals surface area (Å²) in [6.07, 6.45) is 7.10. The van der Waals surface area contributed by atoms with Gasteiger partial charge < -0.3 is 0 Å². The average molecular weight is 462 g/mol. The first kappa shape index (κ1) is 21.6. The zero-order chi connectivity index (χ0) is 20.8. The van der Waals surface area contributed by atoms with E-state index < -0.39 is 0 Å². The summed E-state index contributed by atoms with van der Waals surface area (Å²) in [5, 5.41) is 0. The molecule has 1 aromatic carbocycles. The van der Waals surface area contributed by atoms with Crippen molar-refractivity contribution < 1.29 is 9.53 Å². The molecule has 0 unspecified atom stereocenters. The molecule has 2 aliphatic heterocycles. The number of ether oxygens (including phenoxy) is 1. The molecule has 1 saturated carbocycles. The molecule has 4 rings (SSSR count). The molecule has 0 radical (unpaired) electrons. The van der Waals surface area contributed by atoms with Gasteiger partial charge in [-0.3, -0.25) is 0 Å². The van der Waals surface area contributed by atoms with E-state index in [9.17, 15) is 4.79 Å². The van der Waals surface area contributed by atoms with Gasteiger partial charge >= 0.3 is 184 Å². The van der Waals surface area contributed by atoms with Gasteiger partial charge in [0.15, 0.2) is 0 Å². The summed E-state index contributed by atoms with van der Waals surface area (Å²) in [4.78, 5) is 13.8. The molecule has 3 aliphatic rings. The van der Waals surface area contributed by atoms with E-state index in [0.717, 1.165) is 6.42 Å². The van der Waals surface area contributed by atoms with Gasteiger partial charge in [-0.25, -0.2) is 0 Å². The van der Waals surface area contributed by atoms with E-state index >= 15 is 0 Å². The van der Waals surface area contributed by atoms with Crippen LogP contribution in [0.2, 0.25) is 4.82 Å². The zero-order valence-electron chi connectivity index (χ0n) is 18.8. The number of hydrogen-bond donors (Lipinski definition) is 0. The molecule has 2 bridgehead atoms. The quantitative estimate of drug-likeness (QED) is 0.528. The van der Waals surface area contributed by atoms with Crippen LogP contribution in [0.1, 0.15) is 73.1 Å². The molecule has 2 heterocycles. The molecule has 160 valence electrons. The molecule has 3 heteroatoms. The minimum atomic E-state index is 0.0705. The van der Waals surface area contributed by atoms with Gasteiger partial charge in [-0.05, 0) is 0 Å². The molecule has 2 saturated heterocycles. The molecule has 0 N–H and O–H groups in total. The number of ketones is 1. The fourth-order valence-electron chi connectivity index (χ4n) is 6.52. The van der Waals surface area contributed by atoms with Crippen LogP contribution < -0.4 is 4.46 Å². The zero-order valence-corrected chi connectivity index (χ0v) is 20.5. The number of rotatable bonds is 6. The van der Waals surface area contributed by atoms with E-state index in [4.69, 9.17) is 4.74 Å². The molecule has 0 aromatic heterocycles. The summed E-state index contributed by atoms with van der Waals surface area (Å²) in [6, 6.07) is 10.8. The predicted octanol–water partition coefficient (Wildman–Crippen LogP) is 5.43. The second-order valence-electron chi connectivity index (χ2n) is 10.5. The van der Waals surface area contributed by atoms with Crippen LogP contribution in [0, 0.1) is 29.6 Å². The number of Topliss-reactive ketones (excluding diaryl/α,β-unsaturated/α-hetero) is 1. The van der Waals surface area contributed by atoms with Crippen molar-refractivity contribution in [3.63, 3.8) is 0 Å². The Labute approximate surface area is 183 Å². The van der Waals surface area contributed by atoms with Crippen LogP contribution in [0.4, 0.5) is 0 Å². The molecule has 3 fully saturated rings. The van der Waals surface area contributed by atoms with Crippen molar-refractivity contribution in [2.45, 2.75) is 89.2 Å². The maximum absolute atomic E-state index is 13.3. The normalized spacial score (nSPS) is 42.9. The van der Waals surface area contributed by atoms with E-state index in [1.54, 1.807) is 0 Å². The van der Waals surface area contributed by atoms with Crippen molar-refractivity contribution in [1.29, 1.82) is 0 Å². The third-order valence-electron chi connectivity index (χ3n) is 8.72. The summed E-state index contributed by atoms with van der Waals surface area (Å²) >= 11 is 0.407. The van der Waals surface area contributed by atoms with Gasteiger partial charge in [0.05, 0.1) is 0 Å². The van der Waals surface area contributed by atoms with Gasteiger partial charge in [-0.2, -0.15) is 0 Å². The first-order valence-electron chi connectivity index (χ1n) is 11.7. The van der Waals surface area contributed by atoms with Gasteiger partial charge in [0.2, 0.25) is 0 Å². The van der Waals surface area contributed by atoms with Crippen LogP contribution in [0.25, 0.3) is 0 Å². The van der Waals surface area contributed by atoms with Crippen molar-refractivity contribution in [1.82, 2.24) is 0 Å². The summed E-state index contributed by atoms with van der Waals surface area (Å²) in [6.45, 7) is 11.6. The average Bonchev–Trinajstić information content (AvgIpc) is 3.11. The molecule has 1 aromatic rings. The Hall–Kier alpha value is -0.631. The van der Waals surface area contributed by atoms with Crippen LogP contribution in [-0.4, -0.2) is 31.9 Å². The SMILES string of the molecule is C[C@H](CC[C@@H]1[C@@H](C)[C@]2(C)CC[C@@]1(C)O2)[C@@H]1CC[C@@H]([Se]c2ccccc2)[C@H](C)C1=O. The molecular weight excluding hydrogens is 423 g/mol.